The van der Waals surface area contributed by atoms with Gasteiger partial charge in [-0.15, -0.1) is 11.3 Å². The molecule has 0 amide bonds. The van der Waals surface area contributed by atoms with Crippen molar-refractivity contribution in [2.75, 3.05) is 6.54 Å². The average Bonchev–Trinajstić information content (AvgIpc) is 2.76. The summed E-state index contributed by atoms with van der Waals surface area (Å²) < 4.78 is 0. The quantitative estimate of drug-likeness (QED) is 0.853. The number of aromatic nitrogens is 1. The van der Waals surface area contributed by atoms with E-state index in [2.05, 4.69) is 10.3 Å². The van der Waals surface area contributed by atoms with Crippen LogP contribution in [0.1, 0.15) is 21.6 Å². The number of hydrogen-bond acceptors (Lipinski definition) is 4. The lowest BCUT2D eigenvalue weighted by Gasteiger charge is -2.11. The fourth-order valence-corrected chi connectivity index (χ4v) is 2.38. The Hall–Kier alpha value is -1.23. The van der Waals surface area contributed by atoms with Crippen LogP contribution >= 0.6 is 11.3 Å². The van der Waals surface area contributed by atoms with Gasteiger partial charge in [-0.05, 0) is 12.5 Å². The van der Waals surface area contributed by atoms with Crippen molar-refractivity contribution in [2.24, 2.45) is 0 Å². The van der Waals surface area contributed by atoms with Gasteiger partial charge in [0.05, 0.1) is 11.1 Å². The zero-order chi connectivity index (χ0) is 12.1. The summed E-state index contributed by atoms with van der Waals surface area (Å²) in [6, 6.07) is 9.69. The van der Waals surface area contributed by atoms with Gasteiger partial charge in [0.15, 0.2) is 0 Å². The first kappa shape index (κ1) is 12.2. The van der Waals surface area contributed by atoms with Crippen LogP contribution in [0.25, 0.3) is 0 Å². The second kappa shape index (κ2) is 5.91. The summed E-state index contributed by atoms with van der Waals surface area (Å²) in [4.78, 5) is 5.39. The molecule has 2 aromatic rings. The van der Waals surface area contributed by atoms with E-state index in [1.54, 1.807) is 11.3 Å². The fourth-order valence-electron chi connectivity index (χ4n) is 1.61. The van der Waals surface area contributed by atoms with E-state index < -0.39 is 6.10 Å². The Morgan fingerprint density at radius 3 is 2.76 bits per heavy atom. The number of nitrogens with one attached hydrogen (secondary N) is 1. The molecule has 3 nitrogen and oxygen atoms in total. The second-order valence-electron chi connectivity index (χ2n) is 3.90. The first-order valence-electron chi connectivity index (χ1n) is 5.61. The highest BCUT2D eigenvalue weighted by Gasteiger charge is 2.06. The number of nitrogens with zero attached hydrogens (tertiary/aromatic N) is 1. The summed E-state index contributed by atoms with van der Waals surface area (Å²) >= 11 is 1.68. The minimum atomic E-state index is -0.454. The highest BCUT2D eigenvalue weighted by atomic mass is 32.1. The molecule has 0 aliphatic carbocycles. The van der Waals surface area contributed by atoms with E-state index in [1.165, 1.54) is 4.88 Å². The van der Waals surface area contributed by atoms with Crippen LogP contribution in [0.15, 0.2) is 36.5 Å². The monoisotopic (exact) mass is 248 g/mol. The van der Waals surface area contributed by atoms with Gasteiger partial charge in [-0.2, -0.15) is 0 Å². The number of thiazole rings is 1. The van der Waals surface area contributed by atoms with Crippen molar-refractivity contribution in [3.63, 3.8) is 0 Å². The maximum absolute atomic E-state index is 9.93. The van der Waals surface area contributed by atoms with Gasteiger partial charge in [0.1, 0.15) is 0 Å². The number of aliphatic hydroxyl groups excluding tert-OH is 1. The lowest BCUT2D eigenvalue weighted by atomic mass is 10.1. The molecule has 90 valence electrons. The predicted molar refractivity (Wildman–Crippen MR) is 70.0 cm³/mol. The Labute approximate surface area is 105 Å². The smallest absolute Gasteiger partial charge is 0.0914 e. The minimum Gasteiger partial charge on any atom is -0.387 e. The Balaban J connectivity index is 1.79. The first-order valence-corrected chi connectivity index (χ1v) is 6.42. The second-order valence-corrected chi connectivity index (χ2v) is 5.22. The lowest BCUT2D eigenvalue weighted by molar-refractivity contribution is 0.174. The molecule has 1 unspecified atom stereocenters. The maximum Gasteiger partial charge on any atom is 0.0914 e. The van der Waals surface area contributed by atoms with Gasteiger partial charge in [-0.1, -0.05) is 30.3 Å². The van der Waals surface area contributed by atoms with Crippen LogP contribution in [0.5, 0.6) is 0 Å². The van der Waals surface area contributed by atoms with Crippen molar-refractivity contribution < 1.29 is 5.11 Å². The van der Waals surface area contributed by atoms with Crippen LogP contribution in [0.3, 0.4) is 0 Å². The Kier molecular flexibility index (Phi) is 4.25. The molecule has 0 aliphatic rings. The zero-order valence-electron chi connectivity index (χ0n) is 9.76. The molecular weight excluding hydrogens is 232 g/mol. The third-order valence-corrected chi connectivity index (χ3v) is 3.40. The summed E-state index contributed by atoms with van der Waals surface area (Å²) in [5.41, 5.74) is 0.945. The van der Waals surface area contributed by atoms with Gasteiger partial charge in [0, 0.05) is 24.2 Å². The van der Waals surface area contributed by atoms with Crippen molar-refractivity contribution in [2.45, 2.75) is 19.6 Å². The molecule has 1 atom stereocenters. The highest BCUT2D eigenvalue weighted by molar-refractivity contribution is 7.11. The maximum atomic E-state index is 9.93. The van der Waals surface area contributed by atoms with E-state index in [1.807, 2.05) is 43.5 Å². The molecule has 0 radical (unpaired) electrons. The third kappa shape index (κ3) is 3.63. The fraction of sp³-hybridized carbons (Fsp3) is 0.308. The lowest BCUT2D eigenvalue weighted by Crippen LogP contribution is -2.20. The van der Waals surface area contributed by atoms with Crippen molar-refractivity contribution in [3.8, 4) is 0 Å². The van der Waals surface area contributed by atoms with Gasteiger partial charge in [0.2, 0.25) is 0 Å². The van der Waals surface area contributed by atoms with E-state index in [9.17, 15) is 5.11 Å². The number of aliphatic hydroxyl groups is 1. The van der Waals surface area contributed by atoms with E-state index in [4.69, 9.17) is 0 Å². The van der Waals surface area contributed by atoms with Crippen LogP contribution in [-0.2, 0) is 6.54 Å². The normalized spacial score (nSPS) is 12.6. The van der Waals surface area contributed by atoms with Gasteiger partial charge in [-0.3, -0.25) is 0 Å². The molecule has 0 fully saturated rings. The molecule has 1 aromatic carbocycles. The number of aryl methyl sites for hydroxylation is 1. The van der Waals surface area contributed by atoms with Crippen molar-refractivity contribution in [3.05, 3.63) is 52.0 Å². The Bertz CT molecular complexity index is 455. The molecule has 0 saturated carbocycles. The topological polar surface area (TPSA) is 45.2 Å². The zero-order valence-corrected chi connectivity index (χ0v) is 10.6. The summed E-state index contributed by atoms with van der Waals surface area (Å²) in [5, 5.41) is 14.2. The predicted octanol–water partition coefficient (Wildman–Crippen LogP) is 2.27. The van der Waals surface area contributed by atoms with Gasteiger partial charge >= 0.3 is 0 Å². The molecule has 2 rings (SSSR count). The summed E-state index contributed by atoms with van der Waals surface area (Å²) in [5.74, 6) is 0. The van der Waals surface area contributed by atoms with E-state index in [0.717, 1.165) is 17.1 Å². The number of benzene rings is 1. The van der Waals surface area contributed by atoms with Gasteiger partial charge < -0.3 is 10.4 Å². The molecule has 2 N–H and O–H groups in total. The molecule has 4 heteroatoms. The Morgan fingerprint density at radius 1 is 1.35 bits per heavy atom. The summed E-state index contributed by atoms with van der Waals surface area (Å²) in [6.07, 6.45) is 1.42. The third-order valence-electron chi connectivity index (χ3n) is 2.49. The molecular formula is C13H16N2OS. The van der Waals surface area contributed by atoms with Crippen molar-refractivity contribution in [1.29, 1.82) is 0 Å². The van der Waals surface area contributed by atoms with Crippen LogP contribution < -0.4 is 5.32 Å². The molecule has 17 heavy (non-hydrogen) atoms. The number of rotatable bonds is 5. The molecule has 1 aromatic heterocycles. The highest BCUT2D eigenvalue weighted by Crippen LogP contribution is 2.13. The Morgan fingerprint density at radius 2 is 2.12 bits per heavy atom. The molecule has 0 bridgehead atoms. The van der Waals surface area contributed by atoms with Crippen LogP contribution in [0.4, 0.5) is 0 Å². The van der Waals surface area contributed by atoms with Crippen molar-refractivity contribution in [1.82, 2.24) is 10.3 Å². The largest absolute Gasteiger partial charge is 0.387 e. The van der Waals surface area contributed by atoms with Crippen LogP contribution in [0.2, 0.25) is 0 Å². The van der Waals surface area contributed by atoms with E-state index in [-0.39, 0.29) is 0 Å². The average molecular weight is 248 g/mol. The molecule has 0 aliphatic heterocycles. The molecule has 0 spiro atoms. The summed E-state index contributed by atoms with van der Waals surface area (Å²) in [6.45, 7) is 3.31. The number of hydrogen-bond donors (Lipinski definition) is 2. The standard InChI is InChI=1S/C13H16N2OS/c1-10-15-8-12(17-10)7-14-9-13(16)11-5-3-2-4-6-11/h2-6,8,13-14,16H,7,9H2,1H3. The van der Waals surface area contributed by atoms with Crippen molar-refractivity contribution >= 4 is 11.3 Å². The van der Waals surface area contributed by atoms with Gasteiger partial charge in [-0.25, -0.2) is 4.98 Å². The SMILES string of the molecule is Cc1ncc(CNCC(O)c2ccccc2)s1. The van der Waals surface area contributed by atoms with Crippen LogP contribution in [-0.4, -0.2) is 16.6 Å². The minimum absolute atomic E-state index is 0.454. The van der Waals surface area contributed by atoms with E-state index >= 15 is 0 Å². The van der Waals surface area contributed by atoms with Gasteiger partial charge in [0.25, 0.3) is 0 Å². The van der Waals surface area contributed by atoms with Crippen LogP contribution in [0, 0.1) is 6.92 Å². The molecule has 1 heterocycles. The molecule has 0 saturated heterocycles. The van der Waals surface area contributed by atoms with E-state index in [0.29, 0.717) is 6.54 Å². The first-order chi connectivity index (χ1) is 8.25. The summed E-state index contributed by atoms with van der Waals surface area (Å²) in [7, 11) is 0.